The van der Waals surface area contributed by atoms with Gasteiger partial charge in [0, 0.05) is 8.96 Å². The fraction of sp³-hybridized carbons (Fsp3) is 0.167. The molecule has 1 atom stereocenters. The maximum Gasteiger partial charge on any atom is 0.146 e. The van der Waals surface area contributed by atoms with Crippen LogP contribution in [0.15, 0.2) is 24.8 Å². The highest BCUT2D eigenvalue weighted by Crippen LogP contribution is 2.29. The molecule has 0 unspecified atom stereocenters. The molecular weight excluding hydrogens is 391 g/mol. The Kier molecular flexibility index (Phi) is 3.70. The Morgan fingerprint density at radius 2 is 2.10 bits per heavy atom. The summed E-state index contributed by atoms with van der Waals surface area (Å²) in [5.41, 5.74) is 0.731. The summed E-state index contributed by atoms with van der Waals surface area (Å²) in [6, 6.07) is 3.82. The van der Waals surface area contributed by atoms with Crippen molar-refractivity contribution in [2.24, 2.45) is 0 Å². The molecule has 0 aliphatic heterocycles. The van der Waals surface area contributed by atoms with Gasteiger partial charge in [-0.15, -0.1) is 0 Å². The number of halogens is 2. The molecular formula is C12H10ClIN6. The smallest absolute Gasteiger partial charge is 0.146 e. The summed E-state index contributed by atoms with van der Waals surface area (Å²) in [5, 5.41) is 11.5. The number of anilines is 1. The van der Waals surface area contributed by atoms with Gasteiger partial charge in [0.15, 0.2) is 0 Å². The standard InChI is InChI=1S/C12H10ClIN6/c1-6(11-17-5-18-20-11)19-12-8-2-7(14)3-9(13)10(8)15-4-16-12/h2-6H,1H3,(H,15,16,19)(H,17,18,20)/t6-/m0/s1. The number of aromatic amines is 1. The molecule has 20 heavy (non-hydrogen) atoms. The molecule has 0 fully saturated rings. The molecule has 0 radical (unpaired) electrons. The number of nitrogens with zero attached hydrogens (tertiary/aromatic N) is 4. The number of rotatable bonds is 3. The minimum Gasteiger partial charge on any atom is -0.360 e. The third-order valence-electron chi connectivity index (χ3n) is 2.85. The van der Waals surface area contributed by atoms with E-state index in [9.17, 15) is 0 Å². The third-order valence-corrected chi connectivity index (χ3v) is 3.76. The van der Waals surface area contributed by atoms with E-state index in [1.807, 2.05) is 19.1 Å². The van der Waals surface area contributed by atoms with Crippen LogP contribution in [0.25, 0.3) is 10.9 Å². The summed E-state index contributed by atoms with van der Waals surface area (Å²) >= 11 is 8.44. The van der Waals surface area contributed by atoms with E-state index in [-0.39, 0.29) is 6.04 Å². The zero-order chi connectivity index (χ0) is 14.1. The van der Waals surface area contributed by atoms with E-state index in [1.54, 1.807) is 0 Å². The third kappa shape index (κ3) is 2.55. The first-order chi connectivity index (χ1) is 9.65. The van der Waals surface area contributed by atoms with Crippen molar-refractivity contribution < 1.29 is 0 Å². The van der Waals surface area contributed by atoms with Gasteiger partial charge in [-0.2, -0.15) is 5.10 Å². The van der Waals surface area contributed by atoms with Crippen LogP contribution in [0.1, 0.15) is 18.8 Å². The summed E-state index contributed by atoms with van der Waals surface area (Å²) in [7, 11) is 0. The Bertz CT molecular complexity index is 745. The zero-order valence-electron chi connectivity index (χ0n) is 10.4. The van der Waals surface area contributed by atoms with Crippen molar-refractivity contribution in [2.75, 3.05) is 5.32 Å². The van der Waals surface area contributed by atoms with Crippen molar-refractivity contribution in [3.63, 3.8) is 0 Å². The lowest BCUT2D eigenvalue weighted by Gasteiger charge is -2.13. The Hall–Kier alpha value is -1.48. The summed E-state index contributed by atoms with van der Waals surface area (Å²) in [6.07, 6.45) is 2.97. The molecule has 0 saturated heterocycles. The van der Waals surface area contributed by atoms with E-state index >= 15 is 0 Å². The number of hydrogen-bond acceptors (Lipinski definition) is 5. The van der Waals surface area contributed by atoms with E-state index in [4.69, 9.17) is 11.6 Å². The molecule has 0 saturated carbocycles. The SMILES string of the molecule is C[C@H](Nc1ncnc2c(Cl)cc(I)cc12)c1ncn[nH]1. The van der Waals surface area contributed by atoms with E-state index in [0.29, 0.717) is 5.02 Å². The average Bonchev–Trinajstić information content (AvgIpc) is 2.93. The molecule has 2 aromatic heterocycles. The molecule has 0 amide bonds. The van der Waals surface area contributed by atoms with Crippen LogP contribution >= 0.6 is 34.2 Å². The number of H-pyrrole nitrogens is 1. The monoisotopic (exact) mass is 400 g/mol. The molecule has 102 valence electrons. The van der Waals surface area contributed by atoms with Gasteiger partial charge in [-0.1, -0.05) is 11.6 Å². The maximum absolute atomic E-state index is 6.22. The lowest BCUT2D eigenvalue weighted by atomic mass is 10.2. The molecule has 3 aromatic rings. The van der Waals surface area contributed by atoms with Gasteiger partial charge in [-0.3, -0.25) is 5.10 Å². The minimum absolute atomic E-state index is 0.0488. The van der Waals surface area contributed by atoms with Gasteiger partial charge in [0.05, 0.1) is 16.6 Å². The number of fused-ring (bicyclic) bond motifs is 1. The van der Waals surface area contributed by atoms with Crippen molar-refractivity contribution in [3.05, 3.63) is 39.2 Å². The second-order valence-electron chi connectivity index (χ2n) is 4.24. The van der Waals surface area contributed by atoms with Gasteiger partial charge in [0.2, 0.25) is 0 Å². The van der Waals surface area contributed by atoms with E-state index in [0.717, 1.165) is 26.1 Å². The van der Waals surface area contributed by atoms with E-state index < -0.39 is 0 Å². The van der Waals surface area contributed by atoms with Crippen LogP contribution < -0.4 is 5.32 Å². The molecule has 3 rings (SSSR count). The molecule has 8 heteroatoms. The largest absolute Gasteiger partial charge is 0.360 e. The molecule has 0 aliphatic carbocycles. The number of hydrogen-bond donors (Lipinski definition) is 2. The maximum atomic E-state index is 6.22. The van der Waals surface area contributed by atoms with Gasteiger partial charge >= 0.3 is 0 Å². The van der Waals surface area contributed by atoms with Gasteiger partial charge in [0.1, 0.15) is 24.3 Å². The second kappa shape index (κ2) is 5.49. The average molecular weight is 401 g/mol. The highest BCUT2D eigenvalue weighted by molar-refractivity contribution is 14.1. The summed E-state index contributed by atoms with van der Waals surface area (Å²) in [6.45, 7) is 1.98. The van der Waals surface area contributed by atoms with Crippen LogP contribution in [0.5, 0.6) is 0 Å². The fourth-order valence-electron chi connectivity index (χ4n) is 1.90. The first-order valence-corrected chi connectivity index (χ1v) is 7.32. The number of aromatic nitrogens is 5. The highest BCUT2D eigenvalue weighted by Gasteiger charge is 2.13. The molecule has 0 spiro atoms. The fourth-order valence-corrected chi connectivity index (χ4v) is 2.98. The van der Waals surface area contributed by atoms with Crippen molar-refractivity contribution >= 4 is 50.9 Å². The van der Waals surface area contributed by atoms with E-state index in [2.05, 4.69) is 53.1 Å². The Balaban J connectivity index is 2.03. The Morgan fingerprint density at radius 1 is 1.25 bits per heavy atom. The first-order valence-electron chi connectivity index (χ1n) is 5.86. The molecule has 2 N–H and O–H groups in total. The van der Waals surface area contributed by atoms with Gasteiger partial charge in [-0.05, 0) is 41.6 Å². The lowest BCUT2D eigenvalue weighted by molar-refractivity contribution is 0.791. The molecule has 1 aromatic carbocycles. The Morgan fingerprint density at radius 3 is 2.85 bits per heavy atom. The minimum atomic E-state index is -0.0488. The lowest BCUT2D eigenvalue weighted by Crippen LogP contribution is -2.10. The molecule has 0 bridgehead atoms. The molecule has 2 heterocycles. The quantitative estimate of drug-likeness (QED) is 0.660. The van der Waals surface area contributed by atoms with Gasteiger partial charge in [-0.25, -0.2) is 15.0 Å². The van der Waals surface area contributed by atoms with Crippen molar-refractivity contribution in [1.29, 1.82) is 0 Å². The van der Waals surface area contributed by atoms with Gasteiger partial charge in [0.25, 0.3) is 0 Å². The molecule has 6 nitrogen and oxygen atoms in total. The predicted octanol–water partition coefficient (Wildman–Crippen LogP) is 3.18. The molecule has 0 aliphatic rings. The summed E-state index contributed by atoms with van der Waals surface area (Å²) < 4.78 is 1.03. The van der Waals surface area contributed by atoms with Gasteiger partial charge < -0.3 is 5.32 Å². The van der Waals surface area contributed by atoms with E-state index in [1.165, 1.54) is 12.7 Å². The van der Waals surface area contributed by atoms with Crippen LogP contribution in [-0.4, -0.2) is 25.1 Å². The number of benzene rings is 1. The van der Waals surface area contributed by atoms with Crippen molar-refractivity contribution in [3.8, 4) is 0 Å². The van der Waals surface area contributed by atoms with Crippen molar-refractivity contribution in [2.45, 2.75) is 13.0 Å². The second-order valence-corrected chi connectivity index (χ2v) is 5.90. The predicted molar refractivity (Wildman–Crippen MR) is 85.7 cm³/mol. The summed E-state index contributed by atoms with van der Waals surface area (Å²) in [5.74, 6) is 1.47. The normalized spacial score (nSPS) is 12.6. The summed E-state index contributed by atoms with van der Waals surface area (Å²) in [4.78, 5) is 12.7. The first kappa shape index (κ1) is 13.5. The topological polar surface area (TPSA) is 79.4 Å². The van der Waals surface area contributed by atoms with Crippen LogP contribution in [0.2, 0.25) is 5.02 Å². The van der Waals surface area contributed by atoms with Crippen LogP contribution in [-0.2, 0) is 0 Å². The Labute approximate surface area is 133 Å². The van der Waals surface area contributed by atoms with Crippen LogP contribution in [0.3, 0.4) is 0 Å². The zero-order valence-corrected chi connectivity index (χ0v) is 13.3. The van der Waals surface area contributed by atoms with Crippen LogP contribution in [0, 0.1) is 3.57 Å². The number of nitrogens with one attached hydrogen (secondary N) is 2. The van der Waals surface area contributed by atoms with Crippen LogP contribution in [0.4, 0.5) is 5.82 Å². The van der Waals surface area contributed by atoms with Crippen molar-refractivity contribution in [1.82, 2.24) is 25.1 Å². The highest BCUT2D eigenvalue weighted by atomic mass is 127.